The first kappa shape index (κ1) is 16.7. The lowest BCUT2D eigenvalue weighted by Crippen LogP contribution is -2.59. The lowest BCUT2D eigenvalue weighted by Gasteiger charge is -2.49. The van der Waals surface area contributed by atoms with Crippen LogP contribution in [0.2, 0.25) is 0 Å². The van der Waals surface area contributed by atoms with Gasteiger partial charge in [0.25, 0.3) is 0 Å². The predicted molar refractivity (Wildman–Crippen MR) is 102 cm³/mol. The van der Waals surface area contributed by atoms with Crippen molar-refractivity contribution < 1.29 is 4.74 Å². The first-order chi connectivity index (χ1) is 11.5. The van der Waals surface area contributed by atoms with Gasteiger partial charge in [0.15, 0.2) is 0 Å². The van der Waals surface area contributed by atoms with Crippen molar-refractivity contribution in [2.75, 3.05) is 36.5 Å². The molecule has 24 heavy (non-hydrogen) atoms. The highest BCUT2D eigenvalue weighted by Crippen LogP contribution is 2.32. The number of piperazine rings is 1. The van der Waals surface area contributed by atoms with Crippen molar-refractivity contribution in [3.8, 4) is 5.75 Å². The molecule has 0 saturated carbocycles. The zero-order valence-electron chi connectivity index (χ0n) is 15.2. The lowest BCUT2D eigenvalue weighted by molar-refractivity contribution is 0.406. The molecule has 128 valence electrons. The molecule has 3 nitrogen and oxygen atoms in total. The third-order valence-electron chi connectivity index (χ3n) is 4.98. The maximum absolute atomic E-state index is 5.39. The third kappa shape index (κ3) is 3.35. The largest absolute Gasteiger partial charge is 0.497 e. The van der Waals surface area contributed by atoms with Crippen molar-refractivity contribution in [3.63, 3.8) is 0 Å². The van der Waals surface area contributed by atoms with E-state index in [-0.39, 0.29) is 5.54 Å². The van der Waals surface area contributed by atoms with Crippen LogP contribution in [0.5, 0.6) is 5.75 Å². The number of methoxy groups -OCH3 is 1. The van der Waals surface area contributed by atoms with Gasteiger partial charge in [0.1, 0.15) is 5.75 Å². The van der Waals surface area contributed by atoms with Gasteiger partial charge >= 0.3 is 0 Å². The minimum atomic E-state index is 0.0635. The molecule has 1 heterocycles. The van der Waals surface area contributed by atoms with Crippen LogP contribution in [-0.2, 0) is 6.42 Å². The average molecular weight is 324 g/mol. The number of ether oxygens (including phenoxy) is 1. The summed E-state index contributed by atoms with van der Waals surface area (Å²) in [5.41, 5.74) is 4.02. The highest BCUT2D eigenvalue weighted by Gasteiger charge is 2.34. The second kappa shape index (κ2) is 6.76. The molecule has 3 heteroatoms. The van der Waals surface area contributed by atoms with Gasteiger partial charge in [-0.1, -0.05) is 25.1 Å². The SMILES string of the molecule is CCc1ccc(N2CCN(c3cccc(OC)c3)C(C)(C)C2)cc1. The molecule has 2 aromatic rings. The van der Waals surface area contributed by atoms with Gasteiger partial charge in [-0.15, -0.1) is 0 Å². The van der Waals surface area contributed by atoms with Crippen LogP contribution in [0.1, 0.15) is 26.3 Å². The molecular formula is C21H28N2O. The minimum Gasteiger partial charge on any atom is -0.497 e. The summed E-state index contributed by atoms with van der Waals surface area (Å²) < 4.78 is 5.39. The highest BCUT2D eigenvalue weighted by molar-refractivity contribution is 5.56. The summed E-state index contributed by atoms with van der Waals surface area (Å²) in [4.78, 5) is 4.99. The molecule has 0 spiro atoms. The van der Waals surface area contributed by atoms with Crippen LogP contribution >= 0.6 is 0 Å². The average Bonchev–Trinajstić information content (AvgIpc) is 2.61. The Labute approximate surface area is 145 Å². The molecule has 1 saturated heterocycles. The Bertz CT molecular complexity index is 678. The van der Waals surface area contributed by atoms with E-state index in [9.17, 15) is 0 Å². The molecule has 0 unspecified atom stereocenters. The smallest absolute Gasteiger partial charge is 0.120 e. The Morgan fingerprint density at radius 2 is 1.75 bits per heavy atom. The van der Waals surface area contributed by atoms with E-state index in [1.165, 1.54) is 16.9 Å². The summed E-state index contributed by atoms with van der Waals surface area (Å²) in [5.74, 6) is 0.917. The van der Waals surface area contributed by atoms with Gasteiger partial charge in [0.05, 0.1) is 12.6 Å². The molecule has 0 atom stereocenters. The fraction of sp³-hybridized carbons (Fsp3) is 0.429. The number of hydrogen-bond donors (Lipinski definition) is 0. The van der Waals surface area contributed by atoms with Crippen LogP contribution in [0.15, 0.2) is 48.5 Å². The molecule has 0 N–H and O–H groups in total. The van der Waals surface area contributed by atoms with E-state index in [1.54, 1.807) is 7.11 Å². The van der Waals surface area contributed by atoms with Crippen molar-refractivity contribution in [3.05, 3.63) is 54.1 Å². The molecule has 1 aliphatic heterocycles. The van der Waals surface area contributed by atoms with Crippen molar-refractivity contribution in [2.24, 2.45) is 0 Å². The van der Waals surface area contributed by atoms with Gasteiger partial charge in [-0.3, -0.25) is 0 Å². The van der Waals surface area contributed by atoms with Crippen LogP contribution in [-0.4, -0.2) is 32.3 Å². The van der Waals surface area contributed by atoms with Gasteiger partial charge in [0, 0.05) is 37.1 Å². The van der Waals surface area contributed by atoms with Crippen LogP contribution in [0.3, 0.4) is 0 Å². The molecule has 0 bridgehead atoms. The number of nitrogens with zero attached hydrogens (tertiary/aromatic N) is 2. The molecule has 1 aliphatic rings. The van der Waals surface area contributed by atoms with E-state index >= 15 is 0 Å². The first-order valence-electron chi connectivity index (χ1n) is 8.79. The fourth-order valence-corrected chi connectivity index (χ4v) is 3.57. The van der Waals surface area contributed by atoms with Gasteiger partial charge in [-0.05, 0) is 50.1 Å². The number of rotatable bonds is 4. The summed E-state index contributed by atoms with van der Waals surface area (Å²) in [6.45, 7) is 9.89. The zero-order chi connectivity index (χ0) is 17.2. The summed E-state index contributed by atoms with van der Waals surface area (Å²) >= 11 is 0. The quantitative estimate of drug-likeness (QED) is 0.831. The van der Waals surface area contributed by atoms with Gasteiger partial charge in [-0.25, -0.2) is 0 Å². The summed E-state index contributed by atoms with van der Waals surface area (Å²) in [6.07, 6.45) is 1.09. The summed E-state index contributed by atoms with van der Waals surface area (Å²) in [7, 11) is 1.72. The Morgan fingerprint density at radius 3 is 2.38 bits per heavy atom. The predicted octanol–water partition coefficient (Wildman–Crippen LogP) is 4.36. The minimum absolute atomic E-state index is 0.0635. The van der Waals surface area contributed by atoms with E-state index in [0.29, 0.717) is 0 Å². The monoisotopic (exact) mass is 324 g/mol. The van der Waals surface area contributed by atoms with Gasteiger partial charge in [0.2, 0.25) is 0 Å². The highest BCUT2D eigenvalue weighted by atomic mass is 16.5. The van der Waals surface area contributed by atoms with Crippen LogP contribution in [0.4, 0.5) is 11.4 Å². The Hall–Kier alpha value is -2.16. The van der Waals surface area contributed by atoms with E-state index in [1.807, 2.05) is 6.07 Å². The molecule has 0 radical (unpaired) electrons. The number of hydrogen-bond acceptors (Lipinski definition) is 3. The van der Waals surface area contributed by atoms with Crippen LogP contribution in [0.25, 0.3) is 0 Å². The van der Waals surface area contributed by atoms with Gasteiger partial charge < -0.3 is 14.5 Å². The van der Waals surface area contributed by atoms with E-state index in [4.69, 9.17) is 4.74 Å². The number of anilines is 2. The first-order valence-corrected chi connectivity index (χ1v) is 8.79. The van der Waals surface area contributed by atoms with E-state index in [0.717, 1.165) is 31.8 Å². The van der Waals surface area contributed by atoms with Crippen LogP contribution in [0, 0.1) is 0 Å². The Morgan fingerprint density at radius 1 is 1.00 bits per heavy atom. The standard InChI is InChI=1S/C21H28N2O/c1-5-17-9-11-18(12-10-17)22-13-14-23(21(2,3)16-22)19-7-6-8-20(15-19)24-4/h6-12,15H,5,13-14,16H2,1-4H3. The van der Waals surface area contributed by atoms with E-state index < -0.39 is 0 Å². The third-order valence-corrected chi connectivity index (χ3v) is 4.98. The molecule has 2 aromatic carbocycles. The molecule has 0 aromatic heterocycles. The molecule has 0 amide bonds. The van der Waals surface area contributed by atoms with Crippen LogP contribution < -0.4 is 14.5 Å². The Kier molecular flexibility index (Phi) is 4.70. The maximum atomic E-state index is 5.39. The molecular weight excluding hydrogens is 296 g/mol. The molecule has 1 fully saturated rings. The fourth-order valence-electron chi connectivity index (χ4n) is 3.57. The maximum Gasteiger partial charge on any atom is 0.120 e. The van der Waals surface area contributed by atoms with Crippen molar-refractivity contribution in [1.29, 1.82) is 0 Å². The molecule has 3 rings (SSSR count). The van der Waals surface area contributed by atoms with Gasteiger partial charge in [-0.2, -0.15) is 0 Å². The summed E-state index contributed by atoms with van der Waals surface area (Å²) in [6, 6.07) is 17.4. The number of benzene rings is 2. The van der Waals surface area contributed by atoms with Crippen molar-refractivity contribution in [1.82, 2.24) is 0 Å². The number of aryl methyl sites for hydroxylation is 1. The van der Waals surface area contributed by atoms with Crippen molar-refractivity contribution >= 4 is 11.4 Å². The zero-order valence-corrected chi connectivity index (χ0v) is 15.2. The van der Waals surface area contributed by atoms with E-state index in [2.05, 4.69) is 73.0 Å². The summed E-state index contributed by atoms with van der Waals surface area (Å²) in [5, 5.41) is 0. The Balaban J connectivity index is 1.78. The second-order valence-corrected chi connectivity index (χ2v) is 7.11. The van der Waals surface area contributed by atoms with Crippen molar-refractivity contribution in [2.45, 2.75) is 32.7 Å². The molecule has 0 aliphatic carbocycles. The lowest BCUT2D eigenvalue weighted by atomic mass is 9.97. The topological polar surface area (TPSA) is 15.7 Å². The normalized spacial score (nSPS) is 17.0. The second-order valence-electron chi connectivity index (χ2n) is 7.11.